The third kappa shape index (κ3) is 1.72. The first-order valence-electron chi connectivity index (χ1n) is 1.67. The van der Waals surface area contributed by atoms with Gasteiger partial charge in [-0.2, -0.15) is 0 Å². The van der Waals surface area contributed by atoms with Crippen LogP contribution in [0.5, 0.6) is 0 Å². The van der Waals surface area contributed by atoms with Gasteiger partial charge in [-0.1, -0.05) is 0 Å². The van der Waals surface area contributed by atoms with Crippen LogP contribution < -0.4 is 5.32 Å². The molecule has 3 N–H and O–H groups in total. The lowest BCUT2D eigenvalue weighted by Crippen LogP contribution is -2.19. The quantitative estimate of drug-likeness (QED) is 0.289. The number of nitrogens with one attached hydrogen (secondary N) is 2. The van der Waals surface area contributed by atoms with Crippen LogP contribution in [-0.4, -0.2) is 24.6 Å². The Balaban J connectivity index is 2.99. The predicted octanol–water partition coefficient (Wildman–Crippen LogP) is -0.825. The maximum absolute atomic E-state index is 8.05. The predicted molar refractivity (Wildman–Crippen MR) is 23.9 cm³/mol. The van der Waals surface area contributed by atoms with E-state index in [-0.39, 0.29) is 12.4 Å². The van der Waals surface area contributed by atoms with Gasteiger partial charge in [-0.15, -0.1) is 0 Å². The minimum Gasteiger partial charge on any atom is -0.388 e. The molecule has 0 aliphatic heterocycles. The van der Waals surface area contributed by atoms with Crippen molar-refractivity contribution in [3.8, 4) is 0 Å². The minimum atomic E-state index is -0.198. The van der Waals surface area contributed by atoms with Crippen LogP contribution in [0, 0.1) is 5.41 Å². The Morgan fingerprint density at radius 1 is 2.00 bits per heavy atom. The van der Waals surface area contributed by atoms with Crippen molar-refractivity contribution in [2.24, 2.45) is 0 Å². The maximum atomic E-state index is 8.05. The molecule has 0 heterocycles. The zero-order valence-corrected chi connectivity index (χ0v) is 3.65. The second-order valence-corrected chi connectivity index (χ2v) is 0.887. The summed E-state index contributed by atoms with van der Waals surface area (Å²) in [6.45, 7) is -0.198. The SMILES string of the molecule is CNC(=N)CO. The lowest BCUT2D eigenvalue weighted by Gasteiger charge is -1.91. The lowest BCUT2D eigenvalue weighted by molar-refractivity contribution is 0.353. The average molecular weight is 88.1 g/mol. The second kappa shape index (κ2) is 2.66. The van der Waals surface area contributed by atoms with E-state index in [1.54, 1.807) is 7.05 Å². The number of likely N-dealkylation sites (N-methyl/N-ethyl adjacent to an activating group) is 1. The minimum absolute atomic E-state index is 0.148. The number of aliphatic hydroxyl groups excluding tert-OH is 1. The highest BCUT2D eigenvalue weighted by molar-refractivity contribution is 5.79. The highest BCUT2D eigenvalue weighted by atomic mass is 16.3. The van der Waals surface area contributed by atoms with E-state index in [2.05, 4.69) is 5.32 Å². The van der Waals surface area contributed by atoms with E-state index in [0.717, 1.165) is 0 Å². The zero-order valence-electron chi connectivity index (χ0n) is 3.65. The zero-order chi connectivity index (χ0) is 4.99. The Morgan fingerprint density at radius 3 is 2.50 bits per heavy atom. The first-order chi connectivity index (χ1) is 2.81. The molecule has 0 rings (SSSR count). The molecule has 0 aromatic rings. The molecule has 0 bridgehead atoms. The van der Waals surface area contributed by atoms with Gasteiger partial charge in [0.25, 0.3) is 0 Å². The summed E-state index contributed by atoms with van der Waals surface area (Å²) in [4.78, 5) is 0. The molecule has 3 heteroatoms. The van der Waals surface area contributed by atoms with Gasteiger partial charge >= 0.3 is 0 Å². The van der Waals surface area contributed by atoms with Crippen LogP contribution in [0.15, 0.2) is 0 Å². The fraction of sp³-hybridized carbons (Fsp3) is 0.667. The molecule has 0 aliphatic rings. The summed E-state index contributed by atoms with van der Waals surface area (Å²) in [5.41, 5.74) is 0. The van der Waals surface area contributed by atoms with Crippen LogP contribution in [0.4, 0.5) is 0 Å². The standard InChI is InChI=1S/C3H8N2O/c1-5-3(4)2-6/h6H,2H2,1H3,(H2,4,5). The molecule has 0 aromatic carbocycles. The van der Waals surface area contributed by atoms with Crippen LogP contribution in [0.25, 0.3) is 0 Å². The highest BCUT2D eigenvalue weighted by Gasteiger charge is 1.79. The second-order valence-electron chi connectivity index (χ2n) is 0.887. The number of amidine groups is 1. The van der Waals surface area contributed by atoms with Gasteiger partial charge in [0.2, 0.25) is 0 Å². The number of rotatable bonds is 1. The van der Waals surface area contributed by atoms with Gasteiger partial charge in [-0.3, -0.25) is 5.41 Å². The smallest absolute Gasteiger partial charge is 0.119 e. The van der Waals surface area contributed by atoms with Crippen molar-refractivity contribution in [3.63, 3.8) is 0 Å². The molecule has 0 atom stereocenters. The summed E-state index contributed by atoms with van der Waals surface area (Å²) in [5.74, 6) is 0.148. The highest BCUT2D eigenvalue weighted by Crippen LogP contribution is 1.53. The van der Waals surface area contributed by atoms with Crippen molar-refractivity contribution in [1.82, 2.24) is 5.32 Å². The van der Waals surface area contributed by atoms with E-state index < -0.39 is 0 Å². The average Bonchev–Trinajstić information content (AvgIpc) is 1.65. The number of hydrogen-bond donors (Lipinski definition) is 3. The van der Waals surface area contributed by atoms with Gasteiger partial charge in [-0.25, -0.2) is 0 Å². The van der Waals surface area contributed by atoms with Crippen molar-refractivity contribution < 1.29 is 5.11 Å². The van der Waals surface area contributed by atoms with Crippen molar-refractivity contribution in [1.29, 1.82) is 5.41 Å². The first-order valence-corrected chi connectivity index (χ1v) is 1.67. The molecule has 3 nitrogen and oxygen atoms in total. The Labute approximate surface area is 36.5 Å². The molecule has 0 fully saturated rings. The lowest BCUT2D eigenvalue weighted by atomic mass is 10.6. The third-order valence-electron chi connectivity index (χ3n) is 0.460. The van der Waals surface area contributed by atoms with Crippen molar-refractivity contribution in [2.75, 3.05) is 13.7 Å². The van der Waals surface area contributed by atoms with Gasteiger partial charge < -0.3 is 10.4 Å². The largest absolute Gasteiger partial charge is 0.388 e. The fourth-order valence-electron chi connectivity index (χ4n) is 0.0791. The molecule has 36 valence electrons. The van der Waals surface area contributed by atoms with E-state index in [4.69, 9.17) is 10.5 Å². The first kappa shape index (κ1) is 5.43. The van der Waals surface area contributed by atoms with Crippen molar-refractivity contribution >= 4 is 5.84 Å². The molecule has 0 radical (unpaired) electrons. The van der Waals surface area contributed by atoms with Crippen LogP contribution >= 0.6 is 0 Å². The maximum Gasteiger partial charge on any atom is 0.119 e. The van der Waals surface area contributed by atoms with E-state index >= 15 is 0 Å². The monoisotopic (exact) mass is 88.1 g/mol. The van der Waals surface area contributed by atoms with Crippen molar-refractivity contribution in [3.05, 3.63) is 0 Å². The molecule has 6 heavy (non-hydrogen) atoms. The van der Waals surface area contributed by atoms with Crippen molar-refractivity contribution in [2.45, 2.75) is 0 Å². The van der Waals surface area contributed by atoms with E-state index in [1.165, 1.54) is 0 Å². The Morgan fingerprint density at radius 2 is 2.50 bits per heavy atom. The molecule has 0 aromatic heterocycles. The van der Waals surface area contributed by atoms with Gasteiger partial charge in [-0.05, 0) is 0 Å². The van der Waals surface area contributed by atoms with Gasteiger partial charge in [0.05, 0.1) is 0 Å². The topological polar surface area (TPSA) is 56.1 Å². The van der Waals surface area contributed by atoms with Crippen LogP contribution in [0.1, 0.15) is 0 Å². The van der Waals surface area contributed by atoms with Crippen LogP contribution in [0.3, 0.4) is 0 Å². The number of hydrogen-bond acceptors (Lipinski definition) is 2. The Kier molecular flexibility index (Phi) is 2.40. The van der Waals surface area contributed by atoms with Gasteiger partial charge in [0, 0.05) is 7.05 Å². The molecule has 0 saturated carbocycles. The Hall–Kier alpha value is -0.570. The molecule has 0 amide bonds. The summed E-state index contributed by atoms with van der Waals surface area (Å²) < 4.78 is 0. The fourth-order valence-corrected chi connectivity index (χ4v) is 0.0791. The summed E-state index contributed by atoms with van der Waals surface area (Å²) in [6.07, 6.45) is 0. The summed E-state index contributed by atoms with van der Waals surface area (Å²) in [7, 11) is 1.60. The summed E-state index contributed by atoms with van der Waals surface area (Å²) in [6, 6.07) is 0. The van der Waals surface area contributed by atoms with E-state index in [9.17, 15) is 0 Å². The molecule has 0 unspecified atom stereocenters. The third-order valence-corrected chi connectivity index (χ3v) is 0.460. The van der Waals surface area contributed by atoms with Gasteiger partial charge in [0.15, 0.2) is 0 Å². The van der Waals surface area contributed by atoms with Crippen LogP contribution in [-0.2, 0) is 0 Å². The summed E-state index contributed by atoms with van der Waals surface area (Å²) >= 11 is 0. The molecule has 0 aliphatic carbocycles. The molecule has 0 spiro atoms. The number of aliphatic hydroxyl groups is 1. The van der Waals surface area contributed by atoms with E-state index in [0.29, 0.717) is 0 Å². The summed E-state index contributed by atoms with van der Waals surface area (Å²) in [5, 5.41) is 17.1. The van der Waals surface area contributed by atoms with E-state index in [1.807, 2.05) is 0 Å². The molecular formula is C3H8N2O. The molecular weight excluding hydrogens is 80.0 g/mol. The Bertz CT molecular complexity index is 46.8. The normalized spacial score (nSPS) is 7.67. The molecule has 0 saturated heterocycles. The van der Waals surface area contributed by atoms with Crippen LogP contribution in [0.2, 0.25) is 0 Å². The van der Waals surface area contributed by atoms with Gasteiger partial charge in [0.1, 0.15) is 12.4 Å².